The Balaban J connectivity index is -0.0000000615. The van der Waals surface area contributed by atoms with Crippen LogP contribution in [0.15, 0.2) is 30.3 Å². The lowest BCUT2D eigenvalue weighted by Gasteiger charge is -2.25. The summed E-state index contributed by atoms with van der Waals surface area (Å²) in [4.78, 5) is 59.4. The first-order valence-corrected chi connectivity index (χ1v) is 19.0. The van der Waals surface area contributed by atoms with Crippen molar-refractivity contribution in [3.63, 3.8) is 0 Å². The van der Waals surface area contributed by atoms with Crippen LogP contribution in [-0.2, 0) is 28.7 Å². The molecule has 2 rings (SSSR count). The zero-order chi connectivity index (χ0) is 40.3. The maximum Gasteiger partial charge on any atom is 0.333 e. The second-order valence-corrected chi connectivity index (χ2v) is 11.1. The van der Waals surface area contributed by atoms with E-state index in [4.69, 9.17) is 21.9 Å². The molecule has 13 heteroatoms. The molecule has 1 aromatic rings. The Bertz CT molecular complexity index is 1010. The van der Waals surface area contributed by atoms with Gasteiger partial charge in [0, 0.05) is 7.13 Å². The number of nitrogens with two attached hydrogens (primary N) is 3. The maximum absolute atomic E-state index is 12.5. The number of Topliss-reactive ketones (excluding diaryl/α,β-unsaturated/α-hetero) is 1. The summed E-state index contributed by atoms with van der Waals surface area (Å²) >= 11 is 0. The highest BCUT2D eigenvalue weighted by Gasteiger charge is 2.29. The molecule has 3 amide bonds. The second kappa shape index (κ2) is 42.0. The van der Waals surface area contributed by atoms with Crippen LogP contribution in [0.5, 0.6) is 0 Å². The molecule has 0 spiro atoms. The van der Waals surface area contributed by atoms with Gasteiger partial charge in [-0.15, -0.1) is 0 Å². The van der Waals surface area contributed by atoms with Crippen LogP contribution < -0.4 is 27.8 Å². The van der Waals surface area contributed by atoms with Crippen molar-refractivity contribution in [2.24, 2.45) is 23.1 Å². The SMILES string of the molecule is CC.CC.CC.CC.CC.CCCCC(N)C(=O)C(=O)NCC(=O)N[C@H](C(=O)OC(C)(C)C)c1ccccc1.NC(=O)C(N)C1CCCCC1.O.O.[HH].[HH].[HH].[HH].[HH]. The van der Waals surface area contributed by atoms with Crippen molar-refractivity contribution in [3.8, 4) is 0 Å². The van der Waals surface area contributed by atoms with Crippen LogP contribution in [0.25, 0.3) is 0 Å². The minimum absolute atomic E-state index is 0. The molecule has 13 nitrogen and oxygen atoms in total. The molecule has 0 bridgehead atoms. The first kappa shape index (κ1) is 63.6. The van der Waals surface area contributed by atoms with Gasteiger partial charge < -0.3 is 43.5 Å². The Morgan fingerprint density at radius 2 is 1.29 bits per heavy atom. The lowest BCUT2D eigenvalue weighted by atomic mass is 9.84. The maximum atomic E-state index is 12.5. The van der Waals surface area contributed by atoms with E-state index < -0.39 is 53.8 Å². The third-order valence-corrected chi connectivity index (χ3v) is 6.41. The summed E-state index contributed by atoms with van der Waals surface area (Å²) < 4.78 is 5.38. The number of amides is 3. The standard InChI is InChI=1S/C21H31N3O5.C8H16N2O.5C2H6.2H2O.5H2/c1-5-6-12-15(22)18(26)19(27)23-13-16(25)24-17(14-10-8-7-9-11-14)20(28)29-21(2,3)4;9-7(8(10)11)6-4-2-1-3-5-6;5*1-2;;;;;;;/h7-11,15,17H,5-6,12-13,22H2,1-4H3,(H,23,27)(H,24,25);6-7H,1-5,9H2,(H2,10,11);5*1-2H3;2*1H2;5*1H/t15?,17-;;;;;;;;;;;;;/m0............./s1. The van der Waals surface area contributed by atoms with E-state index in [9.17, 15) is 24.0 Å². The van der Waals surface area contributed by atoms with Crippen LogP contribution in [0.3, 0.4) is 0 Å². The number of hydrogen-bond acceptors (Lipinski definition) is 8. The number of benzene rings is 1. The van der Waals surface area contributed by atoms with Crippen LogP contribution in [-0.4, -0.2) is 64.7 Å². The van der Waals surface area contributed by atoms with Crippen molar-refractivity contribution in [2.75, 3.05) is 6.54 Å². The smallest absolute Gasteiger partial charge is 0.333 e. The molecule has 0 radical (unpaired) electrons. The third kappa shape index (κ3) is 32.5. The van der Waals surface area contributed by atoms with Crippen molar-refractivity contribution in [1.82, 2.24) is 10.6 Å². The van der Waals surface area contributed by atoms with Gasteiger partial charge >= 0.3 is 5.97 Å². The number of carbonyl (C=O) groups excluding carboxylic acids is 5. The molecule has 1 aliphatic rings. The molecular formula is C39H91N5O8. The van der Waals surface area contributed by atoms with Gasteiger partial charge in [-0.1, -0.05) is 139 Å². The summed E-state index contributed by atoms with van der Waals surface area (Å²) in [6.45, 7) is 26.7. The quantitative estimate of drug-likeness (QED) is 0.116. The van der Waals surface area contributed by atoms with E-state index >= 15 is 0 Å². The number of esters is 1. The summed E-state index contributed by atoms with van der Waals surface area (Å²) in [6.07, 6.45) is 7.82. The molecule has 1 fully saturated rings. The zero-order valence-corrected chi connectivity index (χ0v) is 35.2. The van der Waals surface area contributed by atoms with Gasteiger partial charge in [0.2, 0.25) is 17.6 Å². The molecular weight excluding hydrogens is 666 g/mol. The number of nitrogens with one attached hydrogen (secondary N) is 2. The molecule has 1 aromatic carbocycles. The number of ketones is 1. The topological polar surface area (TPSA) is 260 Å². The number of primary amides is 1. The molecule has 1 saturated carbocycles. The Morgan fingerprint density at radius 1 is 0.827 bits per heavy atom. The average molecular weight is 758 g/mol. The summed E-state index contributed by atoms with van der Waals surface area (Å²) in [5.74, 6) is -2.94. The molecule has 2 unspecified atom stereocenters. The molecule has 0 saturated heterocycles. The van der Waals surface area contributed by atoms with Crippen LogP contribution in [0, 0.1) is 5.92 Å². The number of unbranched alkanes of at least 4 members (excludes halogenated alkanes) is 1. The van der Waals surface area contributed by atoms with Crippen molar-refractivity contribution in [1.29, 1.82) is 0 Å². The van der Waals surface area contributed by atoms with Gasteiger partial charge in [-0.25, -0.2) is 4.79 Å². The molecule has 0 aliphatic heterocycles. The first-order valence-electron chi connectivity index (χ1n) is 19.0. The fourth-order valence-electron chi connectivity index (χ4n) is 4.19. The number of carbonyl (C=O) groups is 5. The third-order valence-electron chi connectivity index (χ3n) is 6.41. The summed E-state index contributed by atoms with van der Waals surface area (Å²) in [5.41, 5.74) is 16.2. The Hall–Kier alpha value is -3.39. The van der Waals surface area contributed by atoms with Gasteiger partial charge in [0.15, 0.2) is 6.04 Å². The van der Waals surface area contributed by atoms with E-state index in [2.05, 4.69) is 10.6 Å². The van der Waals surface area contributed by atoms with Crippen molar-refractivity contribution in [3.05, 3.63) is 35.9 Å². The Morgan fingerprint density at radius 3 is 1.69 bits per heavy atom. The van der Waals surface area contributed by atoms with Crippen LogP contribution in [0.1, 0.15) is 167 Å². The van der Waals surface area contributed by atoms with Crippen molar-refractivity contribution >= 4 is 29.5 Å². The minimum atomic E-state index is -1.04. The van der Waals surface area contributed by atoms with Gasteiger partial charge in [0.05, 0.1) is 18.6 Å². The van der Waals surface area contributed by atoms with Gasteiger partial charge in [0.1, 0.15) is 5.60 Å². The summed E-state index contributed by atoms with van der Waals surface area (Å²) in [7, 11) is 0. The minimum Gasteiger partial charge on any atom is -0.458 e. The molecule has 52 heavy (non-hydrogen) atoms. The van der Waals surface area contributed by atoms with E-state index in [1.54, 1.807) is 51.1 Å². The first-order chi connectivity index (χ1) is 23.8. The number of ether oxygens (including phenoxy) is 1. The van der Waals surface area contributed by atoms with E-state index in [0.717, 1.165) is 25.7 Å². The lowest BCUT2D eigenvalue weighted by Crippen LogP contribution is -2.47. The molecule has 12 N–H and O–H groups in total. The van der Waals surface area contributed by atoms with E-state index in [1.165, 1.54) is 19.3 Å². The zero-order valence-electron chi connectivity index (χ0n) is 35.2. The lowest BCUT2D eigenvalue weighted by molar-refractivity contribution is -0.158. The largest absolute Gasteiger partial charge is 0.458 e. The highest BCUT2D eigenvalue weighted by atomic mass is 16.6. The van der Waals surface area contributed by atoms with E-state index in [1.807, 2.05) is 76.2 Å². The van der Waals surface area contributed by atoms with Crippen LogP contribution in [0.4, 0.5) is 0 Å². The molecule has 0 heterocycles. The monoisotopic (exact) mass is 758 g/mol. The van der Waals surface area contributed by atoms with Crippen LogP contribution >= 0.6 is 0 Å². The van der Waals surface area contributed by atoms with E-state index in [-0.39, 0.29) is 24.0 Å². The van der Waals surface area contributed by atoms with Crippen molar-refractivity contribution < 1.29 is 46.8 Å². The van der Waals surface area contributed by atoms with Crippen molar-refractivity contribution in [2.45, 2.75) is 172 Å². The summed E-state index contributed by atoms with van der Waals surface area (Å²) in [5, 5.41) is 4.79. The number of rotatable bonds is 12. The Kier molecular flexibility index (Phi) is 51.4. The molecule has 320 valence electrons. The molecule has 1 aliphatic carbocycles. The van der Waals surface area contributed by atoms with Gasteiger partial charge in [0.25, 0.3) is 5.91 Å². The predicted molar refractivity (Wildman–Crippen MR) is 227 cm³/mol. The molecule has 3 atom stereocenters. The summed E-state index contributed by atoms with van der Waals surface area (Å²) in [6, 6.07) is 6.28. The molecule has 0 aromatic heterocycles. The normalized spacial score (nSPS) is 12.8. The van der Waals surface area contributed by atoms with Gasteiger partial charge in [-0.05, 0) is 51.5 Å². The van der Waals surface area contributed by atoms with Gasteiger partial charge in [-0.3, -0.25) is 19.2 Å². The van der Waals surface area contributed by atoms with Gasteiger partial charge in [-0.2, -0.15) is 0 Å². The predicted octanol–water partition coefficient (Wildman–Crippen LogP) is 6.48. The second-order valence-electron chi connectivity index (χ2n) is 11.1. The average Bonchev–Trinajstić information content (AvgIpc) is 3.15. The Labute approximate surface area is 324 Å². The number of hydrogen-bond donors (Lipinski definition) is 5. The fraction of sp³-hybridized carbons (Fsp3) is 0.718. The van der Waals surface area contributed by atoms with E-state index in [0.29, 0.717) is 17.9 Å². The highest BCUT2D eigenvalue weighted by Crippen LogP contribution is 2.25. The highest BCUT2D eigenvalue weighted by molar-refractivity contribution is 6.38. The fourth-order valence-corrected chi connectivity index (χ4v) is 4.19. The van der Waals surface area contributed by atoms with Crippen LogP contribution in [0.2, 0.25) is 0 Å².